The van der Waals surface area contributed by atoms with Crippen LogP contribution in [-0.2, 0) is 11.2 Å². The first kappa shape index (κ1) is 28.6. The molecule has 2 atom stereocenters. The predicted molar refractivity (Wildman–Crippen MR) is 151 cm³/mol. The van der Waals surface area contributed by atoms with Crippen molar-refractivity contribution < 1.29 is 14.4 Å². The molecule has 0 aliphatic carbocycles. The lowest BCUT2D eigenvalue weighted by atomic mass is 9.95. The SMILES string of the molecule is [CH2]C(C[C@H](Cc1ccccc1)NC(=O)c1cccc(C(=O)N(CCC)CCC)c1)C(=O)Nc1ccccn1. The van der Waals surface area contributed by atoms with Crippen LogP contribution in [0.4, 0.5) is 5.82 Å². The molecule has 1 heterocycles. The van der Waals surface area contributed by atoms with Crippen LogP contribution in [-0.4, -0.2) is 46.7 Å². The van der Waals surface area contributed by atoms with E-state index in [1.54, 1.807) is 48.7 Å². The van der Waals surface area contributed by atoms with E-state index in [4.69, 9.17) is 0 Å². The van der Waals surface area contributed by atoms with Crippen molar-refractivity contribution in [2.24, 2.45) is 5.92 Å². The van der Waals surface area contributed by atoms with Gasteiger partial charge in [0.2, 0.25) is 5.91 Å². The number of nitrogens with zero attached hydrogens (tertiary/aromatic N) is 2. The summed E-state index contributed by atoms with van der Waals surface area (Å²) >= 11 is 0. The van der Waals surface area contributed by atoms with Gasteiger partial charge < -0.3 is 15.5 Å². The summed E-state index contributed by atoms with van der Waals surface area (Å²) in [6.45, 7) is 9.48. The van der Waals surface area contributed by atoms with Gasteiger partial charge in [0.15, 0.2) is 0 Å². The van der Waals surface area contributed by atoms with Gasteiger partial charge in [-0.1, -0.05) is 56.3 Å². The number of anilines is 1. The molecule has 1 aromatic heterocycles. The molecule has 199 valence electrons. The highest BCUT2D eigenvalue weighted by molar-refractivity contribution is 6.00. The summed E-state index contributed by atoms with van der Waals surface area (Å²) in [6, 6.07) is 21.5. The molecule has 7 nitrogen and oxygen atoms in total. The second-order valence-electron chi connectivity index (χ2n) is 9.37. The molecule has 2 aromatic carbocycles. The minimum Gasteiger partial charge on any atom is -0.349 e. The molecule has 38 heavy (non-hydrogen) atoms. The molecule has 3 amide bonds. The van der Waals surface area contributed by atoms with E-state index in [0.717, 1.165) is 18.4 Å². The number of aromatic nitrogens is 1. The van der Waals surface area contributed by atoms with Gasteiger partial charge >= 0.3 is 0 Å². The topological polar surface area (TPSA) is 91.4 Å². The molecule has 0 bridgehead atoms. The molecule has 0 saturated heterocycles. The van der Waals surface area contributed by atoms with Gasteiger partial charge in [0.05, 0.1) is 0 Å². The molecule has 3 aromatic rings. The Hall–Kier alpha value is -4.00. The Balaban J connectivity index is 1.74. The lowest BCUT2D eigenvalue weighted by Crippen LogP contribution is -2.39. The van der Waals surface area contributed by atoms with E-state index < -0.39 is 5.92 Å². The molecule has 1 unspecified atom stereocenters. The Morgan fingerprint density at radius 2 is 1.58 bits per heavy atom. The standard InChI is InChI=1S/C31H37N4O3/c1-4-18-35(19-5-2)31(38)26-15-11-14-25(22-26)30(37)33-27(21-24-12-7-6-8-13-24)20-23(3)29(36)34-28-16-9-10-17-32-28/h6-17,22-23,27H,3-5,18-21H2,1-2H3,(H,33,37)(H,32,34,36)/t23?,27-/m1/s1. The lowest BCUT2D eigenvalue weighted by molar-refractivity contribution is -0.119. The Labute approximate surface area is 225 Å². The molecule has 7 heteroatoms. The third-order valence-electron chi connectivity index (χ3n) is 6.16. The zero-order valence-corrected chi connectivity index (χ0v) is 22.2. The van der Waals surface area contributed by atoms with Crippen LogP contribution >= 0.6 is 0 Å². The normalized spacial score (nSPS) is 12.3. The monoisotopic (exact) mass is 513 g/mol. The zero-order valence-electron chi connectivity index (χ0n) is 22.2. The van der Waals surface area contributed by atoms with Crippen molar-refractivity contribution in [2.45, 2.75) is 45.6 Å². The molecule has 0 spiro atoms. The fraction of sp³-hybridized carbons (Fsp3) is 0.323. The highest BCUT2D eigenvalue weighted by Crippen LogP contribution is 2.16. The average Bonchev–Trinajstić information content (AvgIpc) is 2.93. The van der Waals surface area contributed by atoms with Crippen LogP contribution in [0.25, 0.3) is 0 Å². The number of carbonyl (C=O) groups excluding carboxylic acids is 3. The van der Waals surface area contributed by atoms with Crippen molar-refractivity contribution in [3.63, 3.8) is 0 Å². The third-order valence-corrected chi connectivity index (χ3v) is 6.16. The number of rotatable bonds is 13. The second-order valence-corrected chi connectivity index (χ2v) is 9.37. The summed E-state index contributed by atoms with van der Waals surface area (Å²) in [7, 11) is 0. The van der Waals surface area contributed by atoms with Gasteiger partial charge in [-0.05, 0) is 68.5 Å². The van der Waals surface area contributed by atoms with Crippen LogP contribution in [0.3, 0.4) is 0 Å². The summed E-state index contributed by atoms with van der Waals surface area (Å²) in [4.78, 5) is 45.1. The molecule has 0 aliphatic heterocycles. The number of pyridine rings is 1. The molecule has 3 rings (SSSR count). The van der Waals surface area contributed by atoms with Crippen molar-refractivity contribution >= 4 is 23.5 Å². The van der Waals surface area contributed by atoms with Gasteiger partial charge in [-0.3, -0.25) is 14.4 Å². The molecule has 2 N–H and O–H groups in total. The number of amides is 3. The van der Waals surface area contributed by atoms with Gasteiger partial charge in [0.25, 0.3) is 11.8 Å². The van der Waals surface area contributed by atoms with Gasteiger partial charge in [0.1, 0.15) is 5.82 Å². The summed E-state index contributed by atoms with van der Waals surface area (Å²) in [5.74, 6) is -0.800. The highest BCUT2D eigenvalue weighted by Gasteiger charge is 2.23. The number of carbonyl (C=O) groups is 3. The Morgan fingerprint density at radius 1 is 0.895 bits per heavy atom. The Kier molecular flexibility index (Phi) is 11.0. The van der Waals surface area contributed by atoms with Crippen molar-refractivity contribution in [3.8, 4) is 0 Å². The maximum atomic E-state index is 13.3. The molecular weight excluding hydrogens is 476 g/mol. The van der Waals surface area contributed by atoms with E-state index >= 15 is 0 Å². The first-order valence-electron chi connectivity index (χ1n) is 13.2. The van der Waals surface area contributed by atoms with Crippen LogP contribution in [0, 0.1) is 12.8 Å². The van der Waals surface area contributed by atoms with Crippen molar-refractivity contribution in [3.05, 3.63) is 103 Å². The number of hydrogen-bond donors (Lipinski definition) is 2. The van der Waals surface area contributed by atoms with E-state index in [1.807, 2.05) is 49.1 Å². The second kappa shape index (κ2) is 14.7. The number of benzene rings is 2. The van der Waals surface area contributed by atoms with Crippen molar-refractivity contribution in [1.82, 2.24) is 15.2 Å². The van der Waals surface area contributed by atoms with Gasteiger partial charge in [-0.15, -0.1) is 0 Å². The first-order chi connectivity index (χ1) is 18.4. The third kappa shape index (κ3) is 8.54. The van der Waals surface area contributed by atoms with E-state index in [-0.39, 0.29) is 23.8 Å². The fourth-order valence-electron chi connectivity index (χ4n) is 4.31. The van der Waals surface area contributed by atoms with E-state index in [0.29, 0.717) is 42.9 Å². The van der Waals surface area contributed by atoms with Crippen LogP contribution in [0.15, 0.2) is 79.0 Å². The maximum absolute atomic E-state index is 13.3. The van der Waals surface area contributed by atoms with Gasteiger partial charge in [-0.2, -0.15) is 0 Å². The zero-order chi connectivity index (χ0) is 27.3. The number of nitrogens with one attached hydrogen (secondary N) is 2. The van der Waals surface area contributed by atoms with Crippen molar-refractivity contribution in [2.75, 3.05) is 18.4 Å². The molecular formula is C31H37N4O3. The van der Waals surface area contributed by atoms with Crippen molar-refractivity contribution in [1.29, 1.82) is 0 Å². The molecule has 0 fully saturated rings. The minimum absolute atomic E-state index is 0.0757. The average molecular weight is 514 g/mol. The van der Waals surface area contributed by atoms with E-state index in [9.17, 15) is 14.4 Å². The smallest absolute Gasteiger partial charge is 0.253 e. The van der Waals surface area contributed by atoms with Gasteiger partial charge in [0, 0.05) is 42.4 Å². The van der Waals surface area contributed by atoms with E-state index in [2.05, 4.69) is 22.5 Å². The summed E-state index contributed by atoms with van der Waals surface area (Å²) in [6.07, 6.45) is 4.21. The molecule has 1 radical (unpaired) electrons. The molecule has 0 aliphatic rings. The quantitative estimate of drug-likeness (QED) is 0.330. The summed E-state index contributed by atoms with van der Waals surface area (Å²) in [5, 5.41) is 5.86. The summed E-state index contributed by atoms with van der Waals surface area (Å²) in [5.41, 5.74) is 1.93. The maximum Gasteiger partial charge on any atom is 0.253 e. The predicted octanol–water partition coefficient (Wildman–Crippen LogP) is 5.16. The number of hydrogen-bond acceptors (Lipinski definition) is 4. The van der Waals surface area contributed by atoms with Crippen LogP contribution in [0.2, 0.25) is 0 Å². The fourth-order valence-corrected chi connectivity index (χ4v) is 4.31. The largest absolute Gasteiger partial charge is 0.349 e. The highest BCUT2D eigenvalue weighted by atomic mass is 16.2. The first-order valence-corrected chi connectivity index (χ1v) is 13.2. The summed E-state index contributed by atoms with van der Waals surface area (Å²) < 4.78 is 0. The Bertz CT molecular complexity index is 1180. The van der Waals surface area contributed by atoms with Crippen LogP contribution in [0.1, 0.15) is 59.4 Å². The lowest BCUT2D eigenvalue weighted by Gasteiger charge is -2.23. The minimum atomic E-state index is -0.615. The van der Waals surface area contributed by atoms with Gasteiger partial charge in [-0.25, -0.2) is 4.98 Å². The molecule has 0 saturated carbocycles. The van der Waals surface area contributed by atoms with Crippen LogP contribution < -0.4 is 10.6 Å². The van der Waals surface area contributed by atoms with E-state index in [1.165, 1.54) is 0 Å². The van der Waals surface area contributed by atoms with Crippen LogP contribution in [0.5, 0.6) is 0 Å². The Morgan fingerprint density at radius 3 is 2.24 bits per heavy atom.